The smallest absolute Gasteiger partial charge is 0.261 e. The van der Waals surface area contributed by atoms with Crippen LogP contribution < -0.4 is 10.0 Å². The van der Waals surface area contributed by atoms with Crippen LogP contribution >= 0.6 is 0 Å². The van der Waals surface area contributed by atoms with Crippen molar-refractivity contribution in [3.8, 4) is 0 Å². The lowest BCUT2D eigenvalue weighted by Crippen LogP contribution is -2.26. The number of nitrogens with one attached hydrogen (secondary N) is 2. The molecule has 2 aromatic carbocycles. The average molecular weight is 375 g/mol. The van der Waals surface area contributed by atoms with Crippen molar-refractivity contribution in [1.82, 2.24) is 5.32 Å². The van der Waals surface area contributed by atoms with Gasteiger partial charge in [-0.05, 0) is 55.5 Å². The van der Waals surface area contributed by atoms with E-state index in [2.05, 4.69) is 23.9 Å². The van der Waals surface area contributed by atoms with Gasteiger partial charge in [-0.3, -0.25) is 9.52 Å². The molecular weight excluding hydrogens is 348 g/mol. The van der Waals surface area contributed by atoms with Crippen molar-refractivity contribution >= 4 is 21.6 Å². The van der Waals surface area contributed by atoms with Crippen LogP contribution in [0, 0.1) is 19.8 Å². The van der Waals surface area contributed by atoms with Crippen LogP contribution in [0.15, 0.2) is 47.4 Å². The summed E-state index contributed by atoms with van der Waals surface area (Å²) in [5.41, 5.74) is 2.47. The molecule has 0 saturated carbocycles. The molecule has 26 heavy (non-hydrogen) atoms. The molecule has 0 radical (unpaired) electrons. The predicted molar refractivity (Wildman–Crippen MR) is 105 cm³/mol. The third kappa shape index (κ3) is 5.08. The minimum absolute atomic E-state index is 0.0698. The van der Waals surface area contributed by atoms with Gasteiger partial charge in [0.25, 0.3) is 15.9 Å². The van der Waals surface area contributed by atoms with E-state index in [1.54, 1.807) is 25.1 Å². The number of para-hydroxylation sites is 1. The van der Waals surface area contributed by atoms with E-state index in [0.29, 0.717) is 23.7 Å². The number of carbonyl (C=O) groups excluding carboxylic acids is 1. The molecule has 0 aromatic heterocycles. The molecule has 0 atom stereocenters. The minimum Gasteiger partial charge on any atom is -0.352 e. The Labute approximate surface area is 155 Å². The zero-order valence-corrected chi connectivity index (χ0v) is 16.5. The minimum atomic E-state index is -3.77. The second-order valence-corrected chi connectivity index (χ2v) is 8.52. The van der Waals surface area contributed by atoms with Crippen molar-refractivity contribution in [3.63, 3.8) is 0 Å². The van der Waals surface area contributed by atoms with Gasteiger partial charge in [0.05, 0.1) is 10.6 Å². The highest BCUT2D eigenvalue weighted by atomic mass is 32.2. The summed E-state index contributed by atoms with van der Waals surface area (Å²) in [6.07, 6.45) is 0.873. The third-order valence-corrected chi connectivity index (χ3v) is 5.52. The van der Waals surface area contributed by atoms with E-state index in [9.17, 15) is 13.2 Å². The van der Waals surface area contributed by atoms with Crippen LogP contribution in [-0.4, -0.2) is 20.9 Å². The quantitative estimate of drug-likeness (QED) is 0.772. The highest BCUT2D eigenvalue weighted by Crippen LogP contribution is 2.21. The molecule has 0 heterocycles. The molecule has 5 nitrogen and oxygen atoms in total. The lowest BCUT2D eigenvalue weighted by atomic mass is 10.1. The molecule has 6 heteroatoms. The highest BCUT2D eigenvalue weighted by Gasteiger charge is 2.18. The van der Waals surface area contributed by atoms with Crippen LogP contribution in [0.25, 0.3) is 0 Å². The fraction of sp³-hybridized carbons (Fsp3) is 0.350. The van der Waals surface area contributed by atoms with Crippen LogP contribution in [0.3, 0.4) is 0 Å². The Morgan fingerprint density at radius 2 is 1.73 bits per heavy atom. The van der Waals surface area contributed by atoms with Crippen molar-refractivity contribution in [2.45, 2.75) is 39.0 Å². The number of hydrogen-bond acceptors (Lipinski definition) is 3. The molecule has 140 valence electrons. The number of benzene rings is 2. The maximum atomic E-state index is 12.7. The molecule has 0 spiro atoms. The number of amides is 1. The molecule has 0 fully saturated rings. The number of aryl methyl sites for hydroxylation is 2. The standard InChI is InChI=1S/C20H26N2O3S/c1-14(2)11-12-21-20(23)18-13-17(10-9-15(18)3)26(24,25)22-19-8-6-5-7-16(19)4/h5-10,13-14,22H,11-12H2,1-4H3,(H,21,23). The fourth-order valence-electron chi connectivity index (χ4n) is 2.47. The van der Waals surface area contributed by atoms with E-state index in [1.165, 1.54) is 12.1 Å². The zero-order valence-electron chi connectivity index (χ0n) is 15.7. The summed E-state index contributed by atoms with van der Waals surface area (Å²) >= 11 is 0. The van der Waals surface area contributed by atoms with Crippen LogP contribution in [-0.2, 0) is 10.0 Å². The topological polar surface area (TPSA) is 75.3 Å². The van der Waals surface area contributed by atoms with Crippen LogP contribution in [0.1, 0.15) is 41.8 Å². The molecule has 2 aromatic rings. The van der Waals surface area contributed by atoms with Gasteiger partial charge in [-0.25, -0.2) is 8.42 Å². The number of carbonyl (C=O) groups is 1. The molecule has 0 unspecified atom stereocenters. The molecule has 0 saturated heterocycles. The number of rotatable bonds is 7. The molecule has 1 amide bonds. The molecular formula is C20H26N2O3S. The largest absolute Gasteiger partial charge is 0.352 e. The van der Waals surface area contributed by atoms with E-state index in [-0.39, 0.29) is 10.8 Å². The highest BCUT2D eigenvalue weighted by molar-refractivity contribution is 7.92. The Hall–Kier alpha value is -2.34. The Morgan fingerprint density at radius 3 is 2.38 bits per heavy atom. The van der Waals surface area contributed by atoms with Crippen molar-refractivity contribution in [3.05, 3.63) is 59.2 Å². The summed E-state index contributed by atoms with van der Waals surface area (Å²) < 4.78 is 28.0. The van der Waals surface area contributed by atoms with E-state index in [0.717, 1.165) is 17.5 Å². The lowest BCUT2D eigenvalue weighted by molar-refractivity contribution is 0.0951. The van der Waals surface area contributed by atoms with Gasteiger partial charge in [0.1, 0.15) is 0 Å². The molecule has 0 aliphatic carbocycles. The first kappa shape index (κ1) is 20.0. The predicted octanol–water partition coefficient (Wildman–Crippen LogP) is 3.88. The Balaban J connectivity index is 2.24. The van der Waals surface area contributed by atoms with Gasteiger partial charge in [0.15, 0.2) is 0 Å². The summed E-state index contributed by atoms with van der Waals surface area (Å²) in [5, 5.41) is 2.85. The van der Waals surface area contributed by atoms with E-state index in [1.807, 2.05) is 19.1 Å². The molecule has 0 aliphatic heterocycles. The van der Waals surface area contributed by atoms with Crippen LogP contribution in [0.2, 0.25) is 0 Å². The van der Waals surface area contributed by atoms with Crippen molar-refractivity contribution in [1.29, 1.82) is 0 Å². The van der Waals surface area contributed by atoms with E-state index >= 15 is 0 Å². The number of sulfonamides is 1. The Morgan fingerprint density at radius 1 is 1.04 bits per heavy atom. The van der Waals surface area contributed by atoms with E-state index < -0.39 is 10.0 Å². The number of anilines is 1. The second kappa shape index (κ2) is 8.36. The Bertz CT molecular complexity index is 890. The van der Waals surface area contributed by atoms with Crippen molar-refractivity contribution < 1.29 is 13.2 Å². The van der Waals surface area contributed by atoms with Gasteiger partial charge in [0.2, 0.25) is 0 Å². The molecule has 2 N–H and O–H groups in total. The monoisotopic (exact) mass is 374 g/mol. The summed E-state index contributed by atoms with van der Waals surface area (Å²) in [6, 6.07) is 11.8. The van der Waals surface area contributed by atoms with Gasteiger partial charge < -0.3 is 5.32 Å². The summed E-state index contributed by atoms with van der Waals surface area (Å²) in [7, 11) is -3.77. The SMILES string of the molecule is Cc1ccccc1NS(=O)(=O)c1ccc(C)c(C(=O)NCCC(C)C)c1. The molecule has 0 aliphatic rings. The average Bonchev–Trinajstić information content (AvgIpc) is 2.56. The summed E-state index contributed by atoms with van der Waals surface area (Å²) in [4.78, 5) is 12.5. The van der Waals surface area contributed by atoms with Crippen LogP contribution in [0.5, 0.6) is 0 Å². The first-order chi connectivity index (χ1) is 12.2. The van der Waals surface area contributed by atoms with E-state index in [4.69, 9.17) is 0 Å². The lowest BCUT2D eigenvalue weighted by Gasteiger charge is -2.13. The maximum absolute atomic E-state index is 12.7. The summed E-state index contributed by atoms with van der Waals surface area (Å²) in [5.74, 6) is 0.234. The van der Waals surface area contributed by atoms with Crippen LogP contribution in [0.4, 0.5) is 5.69 Å². The van der Waals surface area contributed by atoms with Crippen molar-refractivity contribution in [2.24, 2.45) is 5.92 Å². The number of hydrogen-bond donors (Lipinski definition) is 2. The maximum Gasteiger partial charge on any atom is 0.261 e. The van der Waals surface area contributed by atoms with Gasteiger partial charge in [-0.1, -0.05) is 38.1 Å². The normalized spacial score (nSPS) is 11.4. The van der Waals surface area contributed by atoms with Gasteiger partial charge in [-0.2, -0.15) is 0 Å². The first-order valence-electron chi connectivity index (χ1n) is 8.68. The fourth-order valence-corrected chi connectivity index (χ4v) is 3.63. The van der Waals surface area contributed by atoms with Gasteiger partial charge in [-0.15, -0.1) is 0 Å². The first-order valence-corrected chi connectivity index (χ1v) is 10.2. The molecule has 2 rings (SSSR count). The molecule has 0 bridgehead atoms. The summed E-state index contributed by atoms with van der Waals surface area (Å²) in [6.45, 7) is 8.36. The third-order valence-electron chi connectivity index (χ3n) is 4.16. The van der Waals surface area contributed by atoms with Gasteiger partial charge in [0, 0.05) is 12.1 Å². The Kier molecular flexibility index (Phi) is 6.42. The van der Waals surface area contributed by atoms with Gasteiger partial charge >= 0.3 is 0 Å². The van der Waals surface area contributed by atoms with Crippen molar-refractivity contribution in [2.75, 3.05) is 11.3 Å². The second-order valence-electron chi connectivity index (χ2n) is 6.84. The zero-order chi connectivity index (χ0) is 19.3.